The van der Waals surface area contributed by atoms with Crippen LogP contribution in [0.4, 0.5) is 15.9 Å². The first-order valence-electron chi connectivity index (χ1n) is 11.3. The Morgan fingerprint density at radius 3 is 2.45 bits per heavy atom. The lowest BCUT2D eigenvalue weighted by atomic mass is 10.0. The fourth-order valence-corrected chi connectivity index (χ4v) is 4.12. The number of benzene rings is 1. The van der Waals surface area contributed by atoms with Crippen LogP contribution in [0.5, 0.6) is 0 Å². The Morgan fingerprint density at radius 2 is 1.82 bits per heavy atom. The van der Waals surface area contributed by atoms with Crippen molar-refractivity contribution in [1.82, 2.24) is 14.9 Å². The summed E-state index contributed by atoms with van der Waals surface area (Å²) in [6, 6.07) is 13.1. The first-order chi connectivity index (χ1) is 15.9. The Balaban J connectivity index is 1.40. The Bertz CT molecular complexity index is 1160. The highest BCUT2D eigenvalue weighted by atomic mass is 19.1. The molecule has 1 aliphatic rings. The predicted octanol–water partition coefficient (Wildman–Crippen LogP) is 5.58. The number of pyridine rings is 2. The summed E-state index contributed by atoms with van der Waals surface area (Å²) in [6.07, 6.45) is 4.15. The molecular weight excluding hydrogens is 413 g/mol. The van der Waals surface area contributed by atoms with Gasteiger partial charge in [0, 0.05) is 61.5 Å². The van der Waals surface area contributed by atoms with Crippen LogP contribution in [0.15, 0.2) is 72.1 Å². The lowest BCUT2D eigenvalue weighted by Gasteiger charge is -2.37. The maximum Gasteiger partial charge on any atom is 0.151 e. The number of aromatic nitrogens is 2. The number of aryl methyl sites for hydroxylation is 1. The molecular formula is C27H30FN5. The zero-order chi connectivity index (χ0) is 23.4. The van der Waals surface area contributed by atoms with Crippen LogP contribution in [0, 0.1) is 12.7 Å². The summed E-state index contributed by atoms with van der Waals surface area (Å²) < 4.78 is 14.7. The number of rotatable bonds is 6. The van der Waals surface area contributed by atoms with Crippen molar-refractivity contribution in [2.24, 2.45) is 4.99 Å². The molecule has 1 aromatic carbocycles. The molecule has 1 saturated heterocycles. The number of piperazine rings is 1. The lowest BCUT2D eigenvalue weighted by molar-refractivity contribution is 0.323. The van der Waals surface area contributed by atoms with E-state index in [1.54, 1.807) is 12.3 Å². The normalized spacial score (nSPS) is 14.5. The molecule has 0 spiro atoms. The average Bonchev–Trinajstić information content (AvgIpc) is 2.79. The fourth-order valence-electron chi connectivity index (χ4n) is 4.12. The average molecular weight is 444 g/mol. The summed E-state index contributed by atoms with van der Waals surface area (Å²) in [6.45, 7) is 13.8. The maximum absolute atomic E-state index is 14.7. The molecule has 1 aliphatic heterocycles. The van der Waals surface area contributed by atoms with Crippen molar-refractivity contribution in [3.05, 3.63) is 84.2 Å². The summed E-state index contributed by atoms with van der Waals surface area (Å²) in [5.41, 5.74) is 6.29. The molecule has 0 N–H and O–H groups in total. The van der Waals surface area contributed by atoms with Gasteiger partial charge in [0.05, 0.1) is 11.9 Å². The zero-order valence-corrected chi connectivity index (χ0v) is 19.6. The number of aliphatic imine (C=N–C) groups is 1. The molecule has 0 unspecified atom stereocenters. The third-order valence-electron chi connectivity index (χ3n) is 5.92. The second-order valence-electron chi connectivity index (χ2n) is 8.61. The van der Waals surface area contributed by atoms with Crippen molar-refractivity contribution in [2.75, 3.05) is 31.1 Å². The Labute approximate surface area is 195 Å². The van der Waals surface area contributed by atoms with Crippen molar-refractivity contribution in [3.8, 4) is 11.1 Å². The van der Waals surface area contributed by atoms with Gasteiger partial charge in [-0.2, -0.15) is 0 Å². The molecule has 3 heterocycles. The Hall–Kier alpha value is -3.54. The molecule has 0 saturated carbocycles. The quantitative estimate of drug-likeness (QED) is 0.467. The van der Waals surface area contributed by atoms with Gasteiger partial charge < -0.3 is 9.80 Å². The van der Waals surface area contributed by atoms with E-state index in [1.165, 1.54) is 0 Å². The van der Waals surface area contributed by atoms with Crippen LogP contribution in [-0.2, 0) is 6.42 Å². The smallest absolute Gasteiger partial charge is 0.151 e. The third-order valence-corrected chi connectivity index (χ3v) is 5.92. The van der Waals surface area contributed by atoms with Crippen molar-refractivity contribution >= 4 is 17.2 Å². The van der Waals surface area contributed by atoms with Gasteiger partial charge in [0.2, 0.25) is 0 Å². The van der Waals surface area contributed by atoms with Crippen molar-refractivity contribution < 1.29 is 4.39 Å². The number of hydrogen-bond donors (Lipinski definition) is 0. The molecule has 6 heteroatoms. The van der Waals surface area contributed by atoms with E-state index in [-0.39, 0.29) is 5.82 Å². The van der Waals surface area contributed by atoms with Gasteiger partial charge in [0.1, 0.15) is 5.82 Å². The van der Waals surface area contributed by atoms with Crippen LogP contribution in [0.3, 0.4) is 0 Å². The minimum Gasteiger partial charge on any atom is -0.372 e. The van der Waals surface area contributed by atoms with E-state index >= 15 is 0 Å². The van der Waals surface area contributed by atoms with Gasteiger partial charge in [-0.05, 0) is 62.2 Å². The second kappa shape index (κ2) is 9.94. The highest BCUT2D eigenvalue weighted by molar-refractivity contribution is 5.86. The minimum absolute atomic E-state index is 0.236. The van der Waals surface area contributed by atoms with Gasteiger partial charge in [0.15, 0.2) is 5.82 Å². The Kier molecular flexibility index (Phi) is 6.82. The molecule has 170 valence electrons. The number of hydrogen-bond acceptors (Lipinski definition) is 5. The number of anilines is 1. The lowest BCUT2D eigenvalue weighted by Crippen LogP contribution is -2.45. The summed E-state index contributed by atoms with van der Waals surface area (Å²) in [5, 5.41) is 0. The van der Waals surface area contributed by atoms with E-state index in [2.05, 4.69) is 44.3 Å². The number of nitrogens with zero attached hydrogens (tertiary/aromatic N) is 5. The third kappa shape index (κ3) is 5.64. The molecule has 2 aromatic heterocycles. The van der Waals surface area contributed by atoms with Crippen LogP contribution in [0.2, 0.25) is 0 Å². The SMILES string of the molecule is C=C(C)N1CCN(c2ccc(N=C(C)Cc3ccc(-c4ccnc(C)c4)c(F)c3)nc2)CC1. The number of halogens is 1. The maximum atomic E-state index is 14.7. The van der Waals surface area contributed by atoms with Crippen molar-refractivity contribution in [1.29, 1.82) is 0 Å². The summed E-state index contributed by atoms with van der Waals surface area (Å²) in [4.78, 5) is 18.0. The van der Waals surface area contributed by atoms with Crippen LogP contribution < -0.4 is 4.90 Å². The molecule has 3 aromatic rings. The Morgan fingerprint density at radius 1 is 1.03 bits per heavy atom. The van der Waals surface area contributed by atoms with E-state index in [0.717, 1.165) is 60.1 Å². The molecule has 1 fully saturated rings. The molecule has 33 heavy (non-hydrogen) atoms. The molecule has 0 aliphatic carbocycles. The van der Waals surface area contributed by atoms with Crippen LogP contribution >= 0.6 is 0 Å². The van der Waals surface area contributed by atoms with E-state index in [1.807, 2.05) is 50.4 Å². The van der Waals surface area contributed by atoms with Crippen LogP contribution in [0.25, 0.3) is 11.1 Å². The monoisotopic (exact) mass is 443 g/mol. The van der Waals surface area contributed by atoms with Gasteiger partial charge in [0.25, 0.3) is 0 Å². The topological polar surface area (TPSA) is 44.6 Å². The van der Waals surface area contributed by atoms with Gasteiger partial charge in [-0.1, -0.05) is 18.7 Å². The highest BCUT2D eigenvalue weighted by Crippen LogP contribution is 2.25. The van der Waals surface area contributed by atoms with E-state index in [0.29, 0.717) is 17.8 Å². The second-order valence-corrected chi connectivity index (χ2v) is 8.61. The largest absolute Gasteiger partial charge is 0.372 e. The van der Waals surface area contributed by atoms with Gasteiger partial charge in [-0.15, -0.1) is 0 Å². The summed E-state index contributed by atoms with van der Waals surface area (Å²) in [7, 11) is 0. The van der Waals surface area contributed by atoms with Gasteiger partial charge in [-0.25, -0.2) is 14.4 Å². The molecule has 0 bridgehead atoms. The van der Waals surface area contributed by atoms with E-state index in [4.69, 9.17) is 0 Å². The first-order valence-corrected chi connectivity index (χ1v) is 11.3. The van der Waals surface area contributed by atoms with E-state index in [9.17, 15) is 4.39 Å². The van der Waals surface area contributed by atoms with Gasteiger partial charge in [-0.3, -0.25) is 4.98 Å². The minimum atomic E-state index is -0.236. The first kappa shape index (κ1) is 22.6. The molecule has 4 rings (SSSR count). The van der Waals surface area contributed by atoms with Gasteiger partial charge >= 0.3 is 0 Å². The van der Waals surface area contributed by atoms with Crippen LogP contribution in [-0.4, -0.2) is 46.8 Å². The standard InChI is InChI=1S/C27H30FN5/c1-19(2)32-11-13-33(14-12-32)24-6-8-27(30-18-24)31-21(4)15-22-5-7-25(26(28)17-22)23-9-10-29-20(3)16-23/h5-10,16-18H,1,11-15H2,2-4H3. The number of allylic oxidation sites excluding steroid dienone is 1. The zero-order valence-electron chi connectivity index (χ0n) is 19.6. The predicted molar refractivity (Wildman–Crippen MR) is 134 cm³/mol. The summed E-state index contributed by atoms with van der Waals surface area (Å²) in [5.74, 6) is 0.432. The molecule has 0 amide bonds. The molecule has 5 nitrogen and oxygen atoms in total. The fraction of sp³-hybridized carbons (Fsp3) is 0.296. The van der Waals surface area contributed by atoms with E-state index < -0.39 is 0 Å². The highest BCUT2D eigenvalue weighted by Gasteiger charge is 2.16. The molecule has 0 radical (unpaired) electrons. The molecule has 0 atom stereocenters. The van der Waals surface area contributed by atoms with Crippen molar-refractivity contribution in [2.45, 2.75) is 27.2 Å². The van der Waals surface area contributed by atoms with Crippen LogP contribution in [0.1, 0.15) is 25.1 Å². The van der Waals surface area contributed by atoms with Crippen molar-refractivity contribution in [3.63, 3.8) is 0 Å². The summed E-state index contributed by atoms with van der Waals surface area (Å²) >= 11 is 0.